The minimum Gasteiger partial charge on any atom is -0.354 e. The molecule has 9 heteroatoms. The van der Waals surface area contributed by atoms with Gasteiger partial charge in [0.2, 0.25) is 11.8 Å². The summed E-state index contributed by atoms with van der Waals surface area (Å²) in [5.41, 5.74) is 1.51. The highest BCUT2D eigenvalue weighted by molar-refractivity contribution is 7.92. The SMILES string of the molecule is Cc1cccc(CN(C(=O)CN(c2ccccc2F)S(=O)(=O)c2ccccc2)[C@@H](C)C(=O)NCC(C)C)c1. The standard InChI is InChI=1S/C29H34FN3O4S/c1-21(2)18-31-29(35)23(4)32(19-24-12-10-11-22(3)17-24)28(34)20-33(27-16-9-8-15-26(27)30)38(36,37)25-13-6-5-7-14-25/h5-17,21,23H,18-20H2,1-4H3,(H,31,35)/t23-/m0/s1. The molecule has 0 radical (unpaired) electrons. The summed E-state index contributed by atoms with van der Waals surface area (Å²) >= 11 is 0. The fraction of sp³-hybridized carbons (Fsp3) is 0.310. The van der Waals surface area contributed by atoms with Crippen LogP contribution in [0, 0.1) is 18.7 Å². The Hall–Kier alpha value is -3.72. The Kier molecular flexibility index (Phi) is 9.63. The van der Waals surface area contributed by atoms with E-state index < -0.39 is 34.3 Å². The van der Waals surface area contributed by atoms with Gasteiger partial charge in [-0.25, -0.2) is 12.8 Å². The van der Waals surface area contributed by atoms with Gasteiger partial charge >= 0.3 is 0 Å². The molecule has 3 aromatic carbocycles. The van der Waals surface area contributed by atoms with Crippen LogP contribution in [0.4, 0.5) is 10.1 Å². The lowest BCUT2D eigenvalue weighted by molar-refractivity contribution is -0.139. The van der Waals surface area contributed by atoms with Crippen molar-refractivity contribution in [3.8, 4) is 0 Å². The number of aryl methyl sites for hydroxylation is 1. The van der Waals surface area contributed by atoms with E-state index >= 15 is 0 Å². The quantitative estimate of drug-likeness (QED) is 0.388. The largest absolute Gasteiger partial charge is 0.354 e. The molecule has 0 aliphatic heterocycles. The Bertz CT molecular complexity index is 1360. The third-order valence-electron chi connectivity index (χ3n) is 6.02. The number of nitrogens with one attached hydrogen (secondary N) is 1. The van der Waals surface area contributed by atoms with Gasteiger partial charge in [-0.1, -0.05) is 74.0 Å². The zero-order valence-corrected chi connectivity index (χ0v) is 22.9. The van der Waals surface area contributed by atoms with E-state index in [0.29, 0.717) is 6.54 Å². The van der Waals surface area contributed by atoms with Gasteiger partial charge in [0, 0.05) is 13.1 Å². The third kappa shape index (κ3) is 7.19. The molecule has 0 aromatic heterocycles. The Morgan fingerprint density at radius 3 is 2.21 bits per heavy atom. The highest BCUT2D eigenvalue weighted by Gasteiger charge is 2.33. The van der Waals surface area contributed by atoms with E-state index in [-0.39, 0.29) is 29.0 Å². The first kappa shape index (κ1) is 28.8. The maximum absolute atomic E-state index is 14.9. The Labute approximate surface area is 224 Å². The Morgan fingerprint density at radius 2 is 1.58 bits per heavy atom. The number of carbonyl (C=O) groups is 2. The van der Waals surface area contributed by atoms with Crippen molar-refractivity contribution >= 4 is 27.5 Å². The summed E-state index contributed by atoms with van der Waals surface area (Å²) in [6.45, 7) is 7.25. The first-order valence-corrected chi connectivity index (χ1v) is 13.9. The molecule has 0 saturated heterocycles. The molecule has 0 aliphatic carbocycles. The van der Waals surface area contributed by atoms with Gasteiger partial charge in [0.05, 0.1) is 10.6 Å². The fourth-order valence-corrected chi connectivity index (χ4v) is 5.37. The van der Waals surface area contributed by atoms with E-state index in [1.54, 1.807) is 25.1 Å². The van der Waals surface area contributed by atoms with Crippen LogP contribution in [-0.4, -0.2) is 44.3 Å². The van der Waals surface area contributed by atoms with Crippen molar-refractivity contribution in [2.75, 3.05) is 17.4 Å². The fourth-order valence-electron chi connectivity index (χ4n) is 3.93. The van der Waals surface area contributed by atoms with Crippen LogP contribution in [0.2, 0.25) is 0 Å². The summed E-state index contributed by atoms with van der Waals surface area (Å²) in [6, 6.07) is 19.6. The van der Waals surface area contributed by atoms with Gasteiger partial charge in [-0.2, -0.15) is 0 Å². The van der Waals surface area contributed by atoms with Crippen LogP contribution in [0.3, 0.4) is 0 Å². The molecule has 0 spiro atoms. The number of hydrogen-bond donors (Lipinski definition) is 1. The van der Waals surface area contributed by atoms with Crippen molar-refractivity contribution in [1.82, 2.24) is 10.2 Å². The lowest BCUT2D eigenvalue weighted by atomic mass is 10.1. The van der Waals surface area contributed by atoms with Crippen molar-refractivity contribution in [1.29, 1.82) is 0 Å². The molecule has 2 amide bonds. The smallest absolute Gasteiger partial charge is 0.264 e. The molecule has 1 atom stereocenters. The molecule has 0 saturated carbocycles. The maximum Gasteiger partial charge on any atom is 0.264 e. The van der Waals surface area contributed by atoms with Crippen molar-refractivity contribution in [3.63, 3.8) is 0 Å². The lowest BCUT2D eigenvalue weighted by Crippen LogP contribution is -2.51. The van der Waals surface area contributed by atoms with Gasteiger partial charge in [-0.3, -0.25) is 13.9 Å². The number of hydrogen-bond acceptors (Lipinski definition) is 4. The molecule has 3 rings (SSSR count). The predicted octanol–water partition coefficient (Wildman–Crippen LogP) is 4.52. The molecule has 0 heterocycles. The molecule has 38 heavy (non-hydrogen) atoms. The van der Waals surface area contributed by atoms with Gasteiger partial charge < -0.3 is 10.2 Å². The summed E-state index contributed by atoms with van der Waals surface area (Å²) in [7, 11) is -4.31. The molecule has 0 unspecified atom stereocenters. The number of nitrogens with zero attached hydrogens (tertiary/aromatic N) is 2. The Balaban J connectivity index is 2.01. The van der Waals surface area contributed by atoms with Gasteiger partial charge in [-0.05, 0) is 49.6 Å². The summed E-state index contributed by atoms with van der Waals surface area (Å²) in [4.78, 5) is 28.0. The number of amides is 2. The van der Waals surface area contributed by atoms with E-state index in [1.165, 1.54) is 35.2 Å². The number of rotatable bonds is 11. The monoisotopic (exact) mass is 539 g/mol. The molecule has 7 nitrogen and oxygen atoms in total. The van der Waals surface area contributed by atoms with E-state index in [2.05, 4.69) is 5.32 Å². The van der Waals surface area contributed by atoms with Crippen LogP contribution < -0.4 is 9.62 Å². The average Bonchev–Trinajstić information content (AvgIpc) is 2.89. The van der Waals surface area contributed by atoms with E-state index in [0.717, 1.165) is 21.5 Å². The molecule has 202 valence electrons. The van der Waals surface area contributed by atoms with E-state index in [9.17, 15) is 22.4 Å². The van der Waals surface area contributed by atoms with Crippen LogP contribution in [-0.2, 0) is 26.2 Å². The molecule has 3 aromatic rings. The van der Waals surface area contributed by atoms with Crippen LogP contribution in [0.1, 0.15) is 31.9 Å². The number of carbonyl (C=O) groups excluding carboxylic acids is 2. The summed E-state index contributed by atoms with van der Waals surface area (Å²) in [5.74, 6) is -1.57. The highest BCUT2D eigenvalue weighted by Crippen LogP contribution is 2.27. The molecular weight excluding hydrogens is 505 g/mol. The molecule has 0 fully saturated rings. The minimum absolute atomic E-state index is 0.0767. The lowest BCUT2D eigenvalue weighted by Gasteiger charge is -2.32. The zero-order valence-electron chi connectivity index (χ0n) is 22.1. The number of sulfonamides is 1. The van der Waals surface area contributed by atoms with Gasteiger partial charge in [-0.15, -0.1) is 0 Å². The van der Waals surface area contributed by atoms with Gasteiger partial charge in [0.15, 0.2) is 0 Å². The summed E-state index contributed by atoms with van der Waals surface area (Å²) in [5, 5.41) is 2.84. The summed E-state index contributed by atoms with van der Waals surface area (Å²) in [6.07, 6.45) is 0. The molecular formula is C29H34FN3O4S. The molecule has 1 N–H and O–H groups in total. The second-order valence-corrected chi connectivity index (χ2v) is 11.5. The highest BCUT2D eigenvalue weighted by atomic mass is 32.2. The van der Waals surface area contributed by atoms with Crippen LogP contribution in [0.25, 0.3) is 0 Å². The normalized spacial score (nSPS) is 12.2. The second-order valence-electron chi connectivity index (χ2n) is 9.60. The zero-order chi connectivity index (χ0) is 27.9. The van der Waals surface area contributed by atoms with E-state index in [1.807, 2.05) is 45.0 Å². The Morgan fingerprint density at radius 1 is 0.921 bits per heavy atom. The van der Waals surface area contributed by atoms with Gasteiger partial charge in [0.1, 0.15) is 18.4 Å². The number of anilines is 1. The third-order valence-corrected chi connectivity index (χ3v) is 7.79. The number of para-hydroxylation sites is 1. The van der Waals surface area contributed by atoms with E-state index in [4.69, 9.17) is 0 Å². The molecule has 0 bridgehead atoms. The van der Waals surface area contributed by atoms with Crippen molar-refractivity contribution in [2.45, 2.75) is 45.2 Å². The van der Waals surface area contributed by atoms with Crippen LogP contribution >= 0.6 is 0 Å². The van der Waals surface area contributed by atoms with Crippen molar-refractivity contribution in [2.24, 2.45) is 5.92 Å². The number of halogens is 1. The minimum atomic E-state index is -4.31. The van der Waals surface area contributed by atoms with Gasteiger partial charge in [0.25, 0.3) is 10.0 Å². The first-order chi connectivity index (χ1) is 18.0. The van der Waals surface area contributed by atoms with Crippen LogP contribution in [0.15, 0.2) is 83.8 Å². The number of benzene rings is 3. The summed E-state index contributed by atoms with van der Waals surface area (Å²) < 4.78 is 42.9. The average molecular weight is 540 g/mol. The molecule has 0 aliphatic rings. The predicted molar refractivity (Wildman–Crippen MR) is 146 cm³/mol. The van der Waals surface area contributed by atoms with Crippen molar-refractivity contribution in [3.05, 3.63) is 95.8 Å². The topological polar surface area (TPSA) is 86.8 Å². The second kappa shape index (κ2) is 12.7. The maximum atomic E-state index is 14.9. The van der Waals surface area contributed by atoms with Crippen molar-refractivity contribution < 1.29 is 22.4 Å². The van der Waals surface area contributed by atoms with Crippen LogP contribution in [0.5, 0.6) is 0 Å². The first-order valence-electron chi connectivity index (χ1n) is 12.5.